The number of nitrogens with zero attached hydrogens (tertiary/aromatic N) is 4. The van der Waals surface area contributed by atoms with Crippen LogP contribution < -0.4 is 15.3 Å². The van der Waals surface area contributed by atoms with E-state index in [1.54, 1.807) is 0 Å². The normalized spacial score (nSPS) is 25.9. The molecule has 0 aromatic rings. The average Bonchev–Trinajstić information content (AvgIpc) is 2.25. The van der Waals surface area contributed by atoms with E-state index >= 15 is 0 Å². The Hall–Kier alpha value is 1.11. The molecular weight excluding hydrogens is 466 g/mol. The summed E-state index contributed by atoms with van der Waals surface area (Å²) in [5, 5.41) is 11.2. The van der Waals surface area contributed by atoms with Crippen molar-refractivity contribution in [1.29, 1.82) is 0 Å². The highest BCUT2D eigenvalue weighted by molar-refractivity contribution is 8.13. The molecule has 174 valence electrons. The maximum absolute atomic E-state index is 6.81. The molecule has 0 bridgehead atoms. The molecule has 0 aromatic carbocycles. The van der Waals surface area contributed by atoms with Crippen molar-refractivity contribution in [3.05, 3.63) is 0 Å². The van der Waals surface area contributed by atoms with Gasteiger partial charge in [-0.3, -0.25) is 10.2 Å². The Bertz CT molecular complexity index is 755. The molecule has 3 N–H and O–H groups in total. The van der Waals surface area contributed by atoms with Crippen LogP contribution >= 0.6 is 43.4 Å². The fraction of sp³-hybridized carbons (Fsp3) is 1.00. The van der Waals surface area contributed by atoms with Crippen LogP contribution in [-0.4, -0.2) is 33.6 Å². The Labute approximate surface area is 189 Å². The van der Waals surface area contributed by atoms with Gasteiger partial charge in [0, 0.05) is 23.7 Å². The molecule has 1 aliphatic rings. The monoisotopic (exact) mass is 507 g/mol. The fourth-order valence-electron chi connectivity index (χ4n) is 2.85. The first-order valence-electron chi connectivity index (χ1n) is 9.83. The fourth-order valence-corrected chi connectivity index (χ4v) is 17.7. The highest BCUT2D eigenvalue weighted by Crippen LogP contribution is 2.82. The Morgan fingerprint density at radius 2 is 1.07 bits per heavy atom. The molecule has 1 heterocycles. The van der Waals surface area contributed by atoms with Gasteiger partial charge in [0.1, 0.15) is 0 Å². The number of halogens is 2. The largest absolute Gasteiger partial charge is 0.257 e. The molecule has 0 saturated heterocycles. The number of nitrogens with one attached hydrogen (secondary N) is 3. The summed E-state index contributed by atoms with van der Waals surface area (Å²) in [6, 6.07) is 0. The minimum atomic E-state index is -2.99. The van der Waals surface area contributed by atoms with Crippen LogP contribution in [0.2, 0.25) is 0 Å². The number of hydrogen-bond donors (Lipinski definition) is 3. The van der Waals surface area contributed by atoms with Crippen molar-refractivity contribution in [2.75, 3.05) is 7.05 Å². The molecule has 12 heteroatoms. The van der Waals surface area contributed by atoms with Gasteiger partial charge in [-0.2, -0.15) is 13.5 Å². The molecule has 1 rings (SSSR count). The molecule has 1 aliphatic heterocycles. The van der Waals surface area contributed by atoms with Crippen molar-refractivity contribution < 1.29 is 0 Å². The molecule has 0 saturated carbocycles. The molecule has 0 aromatic heterocycles. The quantitative estimate of drug-likeness (QED) is 0.336. The molecule has 0 radical (unpaired) electrons. The molecular formula is C17H42Cl2N7P3. The highest BCUT2D eigenvalue weighted by atomic mass is 35.9. The average molecular weight is 508 g/mol. The van der Waals surface area contributed by atoms with Crippen LogP contribution in [0.5, 0.6) is 0 Å². The van der Waals surface area contributed by atoms with Crippen molar-refractivity contribution in [2.45, 2.75) is 105 Å². The van der Waals surface area contributed by atoms with Crippen LogP contribution in [0.25, 0.3) is 0 Å². The van der Waals surface area contributed by atoms with Gasteiger partial charge in [0.05, 0.1) is 5.54 Å². The van der Waals surface area contributed by atoms with Crippen molar-refractivity contribution in [3.8, 4) is 0 Å². The summed E-state index contributed by atoms with van der Waals surface area (Å²) in [4.78, 5) is 0. The Kier molecular flexibility index (Phi) is 8.22. The summed E-state index contributed by atoms with van der Waals surface area (Å²) in [6.07, 6.45) is 0. The van der Waals surface area contributed by atoms with Crippen molar-refractivity contribution in [3.63, 3.8) is 0 Å². The summed E-state index contributed by atoms with van der Waals surface area (Å²) in [5.74, 6) is -2.99. The first-order valence-corrected chi connectivity index (χ1v) is 16.7. The van der Waals surface area contributed by atoms with E-state index in [4.69, 9.17) is 36.3 Å². The molecule has 0 aliphatic carbocycles. The summed E-state index contributed by atoms with van der Waals surface area (Å²) in [6.45, 7) is 25.3. The Morgan fingerprint density at radius 3 is 1.38 bits per heavy atom. The van der Waals surface area contributed by atoms with Crippen LogP contribution in [0.3, 0.4) is 0 Å². The minimum absolute atomic E-state index is 0.228. The van der Waals surface area contributed by atoms with Crippen LogP contribution in [0.4, 0.5) is 0 Å². The molecule has 29 heavy (non-hydrogen) atoms. The number of rotatable bonds is 3. The molecule has 1 atom stereocenters. The maximum Gasteiger partial charge on any atom is 0.257 e. The van der Waals surface area contributed by atoms with E-state index in [1.165, 1.54) is 0 Å². The second-order valence-corrected chi connectivity index (χ2v) is 22.1. The maximum atomic E-state index is 6.81. The first kappa shape index (κ1) is 28.1. The van der Waals surface area contributed by atoms with Gasteiger partial charge in [0.15, 0.2) is 7.51 Å². The molecule has 0 unspecified atom stereocenters. The van der Waals surface area contributed by atoms with Gasteiger partial charge in [-0.15, -0.1) is 0 Å². The predicted octanol–water partition coefficient (Wildman–Crippen LogP) is 8.21. The van der Waals surface area contributed by atoms with Crippen LogP contribution in [0.15, 0.2) is 13.8 Å². The number of hydrogen-bond acceptors (Lipinski definition) is 4. The highest BCUT2D eigenvalue weighted by Gasteiger charge is 2.48. The smallest absolute Gasteiger partial charge is 0.254 e. The second kappa shape index (κ2) is 8.47. The van der Waals surface area contributed by atoms with E-state index in [0.717, 1.165) is 0 Å². The van der Waals surface area contributed by atoms with E-state index in [0.29, 0.717) is 0 Å². The molecule has 7 nitrogen and oxygen atoms in total. The summed E-state index contributed by atoms with van der Waals surface area (Å²) in [7, 11) is -3.25. The zero-order valence-electron chi connectivity index (χ0n) is 20.4. The summed E-state index contributed by atoms with van der Waals surface area (Å²) >= 11 is 13.6. The lowest BCUT2D eigenvalue weighted by Crippen LogP contribution is -2.49. The third-order valence-electron chi connectivity index (χ3n) is 3.20. The minimum Gasteiger partial charge on any atom is -0.254 e. The van der Waals surface area contributed by atoms with Crippen molar-refractivity contribution >= 4 is 43.4 Å². The van der Waals surface area contributed by atoms with Crippen LogP contribution in [-0.2, 0) is 0 Å². The zero-order valence-corrected chi connectivity index (χ0v) is 24.6. The molecule has 0 fully saturated rings. The second-order valence-electron chi connectivity index (χ2n) is 11.6. The standard InChI is InChI=1S/C17H42Cl2N7P3/c1-14(2,3)20-28(21-15(4,5)6)24-27(18,19)25-29(26(28)13,22-16(7,8)9)23-17(10,11)12/h20-22H,1-13H3/t29-/m1/s1. The van der Waals surface area contributed by atoms with Gasteiger partial charge in [-0.1, -0.05) is 0 Å². The SMILES string of the molecule is CN1P(NC(C)(C)C)(NC(C)(C)C)=NP(Cl)(Cl)=N[P@]1(=NC(C)(C)C)NC(C)(C)C. The lowest BCUT2D eigenvalue weighted by molar-refractivity contribution is 0.469. The summed E-state index contributed by atoms with van der Waals surface area (Å²) < 4.78 is 17.3. The predicted molar refractivity (Wildman–Crippen MR) is 136 cm³/mol. The van der Waals surface area contributed by atoms with E-state index < -0.39 is 20.9 Å². The lowest BCUT2D eigenvalue weighted by Gasteiger charge is -2.50. The van der Waals surface area contributed by atoms with Crippen molar-refractivity contribution in [1.82, 2.24) is 19.7 Å². The van der Waals surface area contributed by atoms with Gasteiger partial charge in [-0.25, -0.2) is 9.83 Å². The van der Waals surface area contributed by atoms with Gasteiger partial charge in [-0.05, 0) is 106 Å². The van der Waals surface area contributed by atoms with Gasteiger partial charge in [0.2, 0.25) is 7.51 Å². The Morgan fingerprint density at radius 1 is 0.690 bits per heavy atom. The van der Waals surface area contributed by atoms with Gasteiger partial charge >= 0.3 is 0 Å². The van der Waals surface area contributed by atoms with Crippen LogP contribution in [0.1, 0.15) is 83.1 Å². The van der Waals surface area contributed by atoms with E-state index in [9.17, 15) is 0 Å². The third kappa shape index (κ3) is 8.87. The van der Waals surface area contributed by atoms with Gasteiger partial charge < -0.3 is 0 Å². The van der Waals surface area contributed by atoms with Crippen molar-refractivity contribution in [2.24, 2.45) is 13.8 Å². The van der Waals surface area contributed by atoms with E-state index in [1.807, 2.05) is 7.05 Å². The zero-order chi connectivity index (χ0) is 23.3. The summed E-state index contributed by atoms with van der Waals surface area (Å²) in [5.41, 5.74) is -1.04. The Balaban J connectivity index is 4.01. The third-order valence-corrected chi connectivity index (χ3v) is 16.4. The molecule has 0 spiro atoms. The first-order chi connectivity index (χ1) is 12.4. The van der Waals surface area contributed by atoms with Gasteiger partial charge in [0.25, 0.3) is 5.91 Å². The lowest BCUT2D eigenvalue weighted by atomic mass is 10.1. The van der Waals surface area contributed by atoms with Crippen LogP contribution in [0, 0.1) is 0 Å². The molecule has 0 amide bonds. The topological polar surface area (TPSA) is 76.4 Å². The van der Waals surface area contributed by atoms with E-state index in [2.05, 4.69) is 103 Å². The van der Waals surface area contributed by atoms with E-state index in [-0.39, 0.29) is 22.2 Å².